The van der Waals surface area contributed by atoms with Gasteiger partial charge in [-0.1, -0.05) is 60.7 Å². The number of amides is 1. The fourth-order valence-corrected chi connectivity index (χ4v) is 3.42. The van der Waals surface area contributed by atoms with Gasteiger partial charge in [0.15, 0.2) is 6.04 Å². The summed E-state index contributed by atoms with van der Waals surface area (Å²) in [6.07, 6.45) is 0. The van der Waals surface area contributed by atoms with E-state index in [2.05, 4.69) is 5.32 Å². The van der Waals surface area contributed by atoms with Crippen molar-refractivity contribution in [3.63, 3.8) is 0 Å². The number of hydrogen-bond acceptors (Lipinski definition) is 4. The quantitative estimate of drug-likeness (QED) is 0.438. The summed E-state index contributed by atoms with van der Waals surface area (Å²) in [4.78, 5) is 29.8. The number of nitrogens with zero attached hydrogens (tertiary/aromatic N) is 1. The van der Waals surface area contributed by atoms with Gasteiger partial charge >= 0.3 is 5.97 Å². The van der Waals surface area contributed by atoms with E-state index in [0.717, 1.165) is 5.56 Å². The van der Waals surface area contributed by atoms with Crippen molar-refractivity contribution in [3.8, 4) is 17.0 Å². The maximum Gasteiger partial charge on any atom is 0.330 e. The van der Waals surface area contributed by atoms with Gasteiger partial charge < -0.3 is 15.2 Å². The smallest absolute Gasteiger partial charge is 0.330 e. The van der Waals surface area contributed by atoms with E-state index >= 15 is 0 Å². The van der Waals surface area contributed by atoms with Crippen LogP contribution in [0.1, 0.15) is 22.0 Å². The Balaban J connectivity index is 0.00000289. The molecule has 0 saturated carbocycles. The molecule has 4 aromatic rings. The number of pyridine rings is 1. The van der Waals surface area contributed by atoms with E-state index in [-0.39, 0.29) is 12.4 Å². The summed E-state index contributed by atoms with van der Waals surface area (Å²) in [5, 5.41) is 13.0. The third kappa shape index (κ3) is 4.71. The summed E-state index contributed by atoms with van der Waals surface area (Å²) in [6, 6.07) is 23.9. The number of benzene rings is 3. The molecule has 0 aliphatic rings. The molecule has 6 nitrogen and oxygen atoms in total. The molecular formula is C25H21ClN2O4. The number of fused-ring (bicyclic) bond motifs is 1. The minimum Gasteiger partial charge on any atom is -0.497 e. The van der Waals surface area contributed by atoms with Crippen LogP contribution < -0.4 is 10.1 Å². The molecule has 0 saturated heterocycles. The van der Waals surface area contributed by atoms with E-state index in [1.165, 1.54) is 0 Å². The van der Waals surface area contributed by atoms with Crippen LogP contribution in [-0.2, 0) is 4.79 Å². The van der Waals surface area contributed by atoms with E-state index in [0.29, 0.717) is 33.5 Å². The van der Waals surface area contributed by atoms with E-state index in [4.69, 9.17) is 9.72 Å². The summed E-state index contributed by atoms with van der Waals surface area (Å²) in [7, 11) is 1.56. The Kier molecular flexibility index (Phi) is 7.07. The van der Waals surface area contributed by atoms with Gasteiger partial charge in [-0.3, -0.25) is 4.79 Å². The highest BCUT2D eigenvalue weighted by Gasteiger charge is 2.24. The van der Waals surface area contributed by atoms with Crippen LogP contribution in [0, 0.1) is 0 Å². The van der Waals surface area contributed by atoms with Crippen molar-refractivity contribution in [3.05, 3.63) is 96.1 Å². The number of rotatable bonds is 6. The number of halogens is 1. The molecule has 2 N–H and O–H groups in total. The Hall–Kier alpha value is -3.90. The minimum atomic E-state index is -1.17. The lowest BCUT2D eigenvalue weighted by Crippen LogP contribution is -2.33. The summed E-state index contributed by atoms with van der Waals surface area (Å²) in [5.74, 6) is -1.02. The number of methoxy groups -OCH3 is 1. The number of carboxylic acids is 1. The third-order valence-electron chi connectivity index (χ3n) is 4.99. The van der Waals surface area contributed by atoms with Crippen LogP contribution in [0.25, 0.3) is 22.2 Å². The lowest BCUT2D eigenvalue weighted by molar-refractivity contribution is -0.139. The normalized spacial score (nSPS) is 11.3. The molecular weight excluding hydrogens is 428 g/mol. The van der Waals surface area contributed by atoms with Crippen molar-refractivity contribution < 1.29 is 19.4 Å². The topological polar surface area (TPSA) is 88.5 Å². The second-order valence-corrected chi connectivity index (χ2v) is 6.96. The molecule has 7 heteroatoms. The first-order valence-electron chi connectivity index (χ1n) is 9.69. The van der Waals surface area contributed by atoms with Gasteiger partial charge in [-0.05, 0) is 23.8 Å². The van der Waals surface area contributed by atoms with Crippen LogP contribution in [0.15, 0.2) is 84.9 Å². The second-order valence-electron chi connectivity index (χ2n) is 6.96. The maximum atomic E-state index is 13.3. The van der Waals surface area contributed by atoms with Gasteiger partial charge in [-0.2, -0.15) is 0 Å². The molecule has 1 unspecified atom stereocenters. The molecule has 1 amide bonds. The Morgan fingerprint density at radius 1 is 0.938 bits per heavy atom. The second kappa shape index (κ2) is 9.94. The number of ether oxygens (including phenoxy) is 1. The number of hydrogen-bond donors (Lipinski definition) is 2. The summed E-state index contributed by atoms with van der Waals surface area (Å²) in [6.45, 7) is 0. The van der Waals surface area contributed by atoms with Gasteiger partial charge in [0.05, 0.1) is 23.9 Å². The monoisotopic (exact) mass is 448 g/mol. The van der Waals surface area contributed by atoms with Gasteiger partial charge in [0, 0.05) is 17.0 Å². The van der Waals surface area contributed by atoms with Gasteiger partial charge in [-0.15, -0.1) is 12.4 Å². The largest absolute Gasteiger partial charge is 0.497 e. The van der Waals surface area contributed by atoms with Crippen LogP contribution in [0.3, 0.4) is 0 Å². The van der Waals surface area contributed by atoms with Crippen LogP contribution in [-0.4, -0.2) is 29.1 Å². The molecule has 0 fully saturated rings. The van der Waals surface area contributed by atoms with E-state index in [9.17, 15) is 14.7 Å². The summed E-state index contributed by atoms with van der Waals surface area (Å²) >= 11 is 0. The van der Waals surface area contributed by atoms with Crippen LogP contribution >= 0.6 is 12.4 Å². The molecule has 1 atom stereocenters. The predicted octanol–water partition coefficient (Wildman–Crippen LogP) is 4.89. The SMILES string of the molecule is COc1ccc2c(C(=O)NC(C(=O)O)c3ccccc3)cc(-c3ccccc3)nc2c1.Cl. The molecule has 1 aromatic heterocycles. The van der Waals surface area contributed by atoms with Crippen molar-refractivity contribution in [2.45, 2.75) is 6.04 Å². The van der Waals surface area contributed by atoms with Crippen LogP contribution in [0.2, 0.25) is 0 Å². The highest BCUT2D eigenvalue weighted by molar-refractivity contribution is 6.08. The molecule has 0 bridgehead atoms. The number of nitrogens with one attached hydrogen (secondary N) is 1. The van der Waals surface area contributed by atoms with Gasteiger partial charge in [0.2, 0.25) is 0 Å². The fraction of sp³-hybridized carbons (Fsp3) is 0.0800. The number of aromatic nitrogens is 1. The van der Waals surface area contributed by atoms with Crippen LogP contribution in [0.4, 0.5) is 0 Å². The summed E-state index contributed by atoms with van der Waals surface area (Å²) in [5.41, 5.74) is 2.87. The third-order valence-corrected chi connectivity index (χ3v) is 4.99. The number of aliphatic carboxylic acids is 1. The maximum absolute atomic E-state index is 13.3. The molecule has 32 heavy (non-hydrogen) atoms. The number of carboxylic acid groups (broad SMARTS) is 1. The summed E-state index contributed by atoms with van der Waals surface area (Å²) < 4.78 is 5.30. The van der Waals surface area contributed by atoms with Gasteiger partial charge in [0.25, 0.3) is 5.91 Å². The molecule has 0 radical (unpaired) electrons. The van der Waals surface area contributed by atoms with Gasteiger partial charge in [-0.25, -0.2) is 9.78 Å². The average Bonchev–Trinajstić information content (AvgIpc) is 2.82. The molecule has 162 valence electrons. The fourth-order valence-electron chi connectivity index (χ4n) is 3.42. The molecule has 3 aromatic carbocycles. The Bertz CT molecular complexity index is 1250. The van der Waals surface area contributed by atoms with Crippen molar-refractivity contribution in [1.82, 2.24) is 10.3 Å². The lowest BCUT2D eigenvalue weighted by atomic mass is 10.0. The number of carbonyl (C=O) groups excluding carboxylic acids is 1. The van der Waals surface area contributed by atoms with E-state index in [1.807, 2.05) is 30.3 Å². The standard InChI is InChI=1S/C25H20N2O4.ClH/c1-31-18-12-13-19-20(15-21(26-22(19)14-18)16-8-4-2-5-9-16)24(28)27-23(25(29)30)17-10-6-3-7-11-17;/h2-15,23H,1H3,(H,27,28)(H,29,30);1H. The van der Waals surface area contributed by atoms with Crippen molar-refractivity contribution in [2.75, 3.05) is 7.11 Å². The molecule has 0 aliphatic carbocycles. The lowest BCUT2D eigenvalue weighted by Gasteiger charge is -2.16. The Morgan fingerprint density at radius 3 is 2.22 bits per heavy atom. The zero-order valence-corrected chi connectivity index (χ0v) is 18.0. The average molecular weight is 449 g/mol. The van der Waals surface area contributed by atoms with Crippen molar-refractivity contribution in [1.29, 1.82) is 0 Å². The highest BCUT2D eigenvalue weighted by Crippen LogP contribution is 2.28. The van der Waals surface area contributed by atoms with Crippen molar-refractivity contribution >= 4 is 35.2 Å². The molecule has 0 spiro atoms. The van der Waals surface area contributed by atoms with Crippen LogP contribution in [0.5, 0.6) is 5.75 Å². The zero-order chi connectivity index (χ0) is 21.8. The first-order chi connectivity index (χ1) is 15.1. The van der Waals surface area contributed by atoms with E-state index < -0.39 is 17.9 Å². The number of carbonyl (C=O) groups is 2. The first-order valence-corrected chi connectivity index (χ1v) is 9.69. The molecule has 4 rings (SSSR count). The Morgan fingerprint density at radius 2 is 1.59 bits per heavy atom. The zero-order valence-electron chi connectivity index (χ0n) is 17.2. The Labute approximate surface area is 191 Å². The van der Waals surface area contributed by atoms with Crippen molar-refractivity contribution in [2.24, 2.45) is 0 Å². The predicted molar refractivity (Wildman–Crippen MR) is 125 cm³/mol. The first kappa shape index (κ1) is 22.8. The minimum absolute atomic E-state index is 0. The molecule has 0 aliphatic heterocycles. The molecule has 1 heterocycles. The van der Waals surface area contributed by atoms with E-state index in [1.54, 1.807) is 61.7 Å². The van der Waals surface area contributed by atoms with Gasteiger partial charge in [0.1, 0.15) is 5.75 Å². The highest BCUT2D eigenvalue weighted by atomic mass is 35.5.